The number of carbonyl (C=O) groups is 1. The fourth-order valence-electron chi connectivity index (χ4n) is 7.75. The van der Waals surface area contributed by atoms with Crippen molar-refractivity contribution in [2.24, 2.45) is 51.3 Å². The minimum absolute atomic E-state index is 0.335. The number of nitrogens with two attached hydrogens (primary N) is 1. The predicted octanol–water partition coefficient (Wildman–Crippen LogP) is 4.86. The van der Waals surface area contributed by atoms with Crippen molar-refractivity contribution < 1.29 is 4.79 Å². The molecule has 0 radical (unpaired) electrons. The van der Waals surface area contributed by atoms with E-state index >= 15 is 0 Å². The topological polar surface area (TPSA) is 67.5 Å². The highest BCUT2D eigenvalue weighted by molar-refractivity contribution is 5.86. The van der Waals surface area contributed by atoms with Gasteiger partial charge in [0.1, 0.15) is 0 Å². The molecule has 3 N–H and O–H groups in total. The van der Waals surface area contributed by atoms with E-state index in [0.717, 1.165) is 29.4 Å². The van der Waals surface area contributed by atoms with Crippen LogP contribution in [0.2, 0.25) is 0 Å². The second kappa shape index (κ2) is 6.38. The van der Waals surface area contributed by atoms with Gasteiger partial charge in [0.05, 0.1) is 0 Å². The molecule has 0 saturated heterocycles. The van der Waals surface area contributed by atoms with Crippen LogP contribution in [-0.2, 0) is 0 Å². The average molecular weight is 358 g/mol. The van der Waals surface area contributed by atoms with Crippen molar-refractivity contribution in [3.63, 3.8) is 0 Å². The molecule has 7 atom stereocenters. The number of primary amides is 1. The molecular weight excluding hydrogens is 322 g/mol. The summed E-state index contributed by atoms with van der Waals surface area (Å²) in [5, 5.41) is 4.31. The summed E-state index contributed by atoms with van der Waals surface area (Å²) in [5.41, 5.74) is 9.58. The zero-order valence-corrected chi connectivity index (χ0v) is 16.6. The quantitative estimate of drug-likeness (QED) is 0.414. The van der Waals surface area contributed by atoms with Crippen LogP contribution in [0.3, 0.4) is 0 Å². The van der Waals surface area contributed by atoms with Gasteiger partial charge in [0.25, 0.3) is 0 Å². The molecule has 0 bridgehead atoms. The Labute approximate surface area is 158 Å². The highest BCUT2D eigenvalue weighted by Gasteiger charge is 2.59. The van der Waals surface area contributed by atoms with Gasteiger partial charge < -0.3 is 5.73 Å². The van der Waals surface area contributed by atoms with Crippen molar-refractivity contribution in [2.75, 3.05) is 0 Å². The van der Waals surface area contributed by atoms with Gasteiger partial charge in [0.2, 0.25) is 0 Å². The molecule has 26 heavy (non-hydrogen) atoms. The Bertz CT molecular complexity index is 641. The lowest BCUT2D eigenvalue weighted by molar-refractivity contribution is -0.0913. The maximum absolute atomic E-state index is 11.0. The third-order valence-electron chi connectivity index (χ3n) is 9.06. The van der Waals surface area contributed by atoms with Gasteiger partial charge in [-0.2, -0.15) is 5.10 Å². The number of carbonyl (C=O) groups excluding carboxylic acids is 1. The summed E-state index contributed by atoms with van der Waals surface area (Å²) in [6, 6.07) is -0.565. The average Bonchev–Trinajstić information content (AvgIpc) is 2.96. The fourth-order valence-corrected chi connectivity index (χ4v) is 7.75. The monoisotopic (exact) mass is 357 g/mol. The van der Waals surface area contributed by atoms with E-state index < -0.39 is 6.03 Å². The number of allylic oxidation sites excluding steroid dienone is 2. The maximum Gasteiger partial charge on any atom is 0.332 e. The van der Waals surface area contributed by atoms with Crippen molar-refractivity contribution in [1.82, 2.24) is 5.43 Å². The molecule has 3 fully saturated rings. The van der Waals surface area contributed by atoms with Gasteiger partial charge in [-0.1, -0.05) is 26.0 Å². The van der Waals surface area contributed by atoms with Crippen molar-refractivity contribution in [1.29, 1.82) is 0 Å². The molecule has 2 amide bonds. The van der Waals surface area contributed by atoms with Crippen molar-refractivity contribution in [3.05, 3.63) is 12.2 Å². The van der Waals surface area contributed by atoms with Gasteiger partial charge in [-0.3, -0.25) is 0 Å². The van der Waals surface area contributed by atoms with E-state index in [1.165, 1.54) is 51.4 Å². The number of nitrogens with one attached hydrogen (secondary N) is 1. The second-order valence-corrected chi connectivity index (χ2v) is 9.97. The molecule has 0 aromatic rings. The van der Waals surface area contributed by atoms with Crippen LogP contribution in [0.4, 0.5) is 4.79 Å². The molecule has 3 saturated carbocycles. The summed E-state index contributed by atoms with van der Waals surface area (Å²) in [6.45, 7) is 7.17. The van der Waals surface area contributed by atoms with E-state index in [0.29, 0.717) is 16.7 Å². The van der Waals surface area contributed by atoms with E-state index in [2.05, 4.69) is 43.5 Å². The third-order valence-corrected chi connectivity index (χ3v) is 9.06. The Balaban J connectivity index is 1.57. The van der Waals surface area contributed by atoms with E-state index in [4.69, 9.17) is 5.73 Å². The van der Waals surface area contributed by atoms with Gasteiger partial charge in [-0.25, -0.2) is 10.2 Å². The number of hydrazone groups is 1. The summed E-state index contributed by atoms with van der Waals surface area (Å²) in [7, 11) is 0. The smallest absolute Gasteiger partial charge is 0.332 e. The lowest BCUT2D eigenvalue weighted by Crippen LogP contribution is -2.52. The van der Waals surface area contributed by atoms with Gasteiger partial charge in [0, 0.05) is 11.6 Å². The lowest BCUT2D eigenvalue weighted by Gasteiger charge is -2.59. The maximum atomic E-state index is 11.0. The highest BCUT2D eigenvalue weighted by Crippen LogP contribution is 2.67. The SMILES string of the molecule is CC(=NNC(N)=O)[C@H]1CC[C@H]2[C@@H]3CC[C@H]4CC=CC[C@]4(C)[C@H]3CC[C@]12C. The molecule has 0 unspecified atom stereocenters. The second-order valence-electron chi connectivity index (χ2n) is 9.97. The number of hydrogen-bond donors (Lipinski definition) is 2. The van der Waals surface area contributed by atoms with E-state index in [1.54, 1.807) is 0 Å². The zero-order chi connectivity index (χ0) is 18.5. The first kappa shape index (κ1) is 18.1. The number of urea groups is 1. The fraction of sp³-hybridized carbons (Fsp3) is 0.818. The van der Waals surface area contributed by atoms with Gasteiger partial charge in [-0.15, -0.1) is 0 Å². The van der Waals surface area contributed by atoms with Crippen molar-refractivity contribution >= 4 is 11.7 Å². The van der Waals surface area contributed by atoms with Crippen LogP contribution >= 0.6 is 0 Å². The molecule has 4 aliphatic rings. The summed E-state index contributed by atoms with van der Waals surface area (Å²) in [6.07, 6.45) is 15.5. The lowest BCUT2D eigenvalue weighted by atomic mass is 9.45. The zero-order valence-electron chi connectivity index (χ0n) is 16.6. The Morgan fingerprint density at radius 3 is 2.62 bits per heavy atom. The Morgan fingerprint density at radius 1 is 1.08 bits per heavy atom. The summed E-state index contributed by atoms with van der Waals surface area (Å²) in [4.78, 5) is 11.0. The predicted molar refractivity (Wildman–Crippen MR) is 106 cm³/mol. The van der Waals surface area contributed by atoms with Crippen LogP contribution in [0, 0.1) is 40.4 Å². The molecule has 4 aliphatic carbocycles. The number of amides is 2. The standard InChI is InChI=1S/C22H35N3O/c1-14(24-25-20(23)26)17-9-10-18-16-8-7-15-6-4-5-12-21(15,2)19(16)11-13-22(17,18)3/h4-5,15-19H,6-13H2,1-3H3,(H3,23,25,26)/t15-,16+,17-,18+,19+,21+,22-/m1/s1. The first-order chi connectivity index (χ1) is 12.4. The molecule has 0 spiro atoms. The minimum atomic E-state index is -0.565. The van der Waals surface area contributed by atoms with Crippen LogP contribution in [0.15, 0.2) is 17.3 Å². The summed E-state index contributed by atoms with van der Waals surface area (Å²) >= 11 is 0. The molecule has 4 rings (SSSR count). The first-order valence-electron chi connectivity index (χ1n) is 10.6. The van der Waals surface area contributed by atoms with Crippen LogP contribution < -0.4 is 11.2 Å². The molecular formula is C22H35N3O. The number of nitrogens with zero attached hydrogens (tertiary/aromatic N) is 1. The molecule has 0 heterocycles. The molecule has 4 heteroatoms. The van der Waals surface area contributed by atoms with Crippen molar-refractivity contribution in [2.45, 2.75) is 72.1 Å². The number of rotatable bonds is 2. The van der Waals surface area contributed by atoms with Gasteiger partial charge >= 0.3 is 6.03 Å². The molecule has 0 aromatic carbocycles. The van der Waals surface area contributed by atoms with Crippen LogP contribution in [-0.4, -0.2) is 11.7 Å². The Hall–Kier alpha value is -1.32. The molecule has 0 aromatic heterocycles. The van der Waals surface area contributed by atoms with E-state index in [1.807, 2.05) is 0 Å². The molecule has 4 nitrogen and oxygen atoms in total. The third kappa shape index (κ3) is 2.63. The van der Waals surface area contributed by atoms with Crippen LogP contribution in [0.5, 0.6) is 0 Å². The van der Waals surface area contributed by atoms with E-state index in [-0.39, 0.29) is 0 Å². The number of fused-ring (bicyclic) bond motifs is 5. The Kier molecular flexibility index (Phi) is 4.44. The minimum Gasteiger partial charge on any atom is -0.350 e. The van der Waals surface area contributed by atoms with Crippen LogP contribution in [0.25, 0.3) is 0 Å². The Morgan fingerprint density at radius 2 is 1.85 bits per heavy atom. The van der Waals surface area contributed by atoms with Crippen molar-refractivity contribution in [3.8, 4) is 0 Å². The van der Waals surface area contributed by atoms with Crippen LogP contribution in [0.1, 0.15) is 72.1 Å². The molecule has 144 valence electrons. The van der Waals surface area contributed by atoms with Gasteiger partial charge in [-0.05, 0) is 92.8 Å². The normalized spacial score (nSPS) is 47.7. The highest BCUT2D eigenvalue weighted by atomic mass is 16.2. The largest absolute Gasteiger partial charge is 0.350 e. The first-order valence-corrected chi connectivity index (χ1v) is 10.6. The summed E-state index contributed by atoms with van der Waals surface area (Å²) < 4.78 is 0. The summed E-state index contributed by atoms with van der Waals surface area (Å²) in [5.74, 6) is 3.97. The molecule has 0 aliphatic heterocycles. The van der Waals surface area contributed by atoms with Gasteiger partial charge in [0.15, 0.2) is 0 Å². The number of hydrogen-bond acceptors (Lipinski definition) is 2. The van der Waals surface area contributed by atoms with E-state index in [9.17, 15) is 4.79 Å².